The number of furan rings is 1. The Morgan fingerprint density at radius 3 is 2.25 bits per heavy atom. The number of aliphatic hydroxyl groups is 1. The molecule has 0 unspecified atom stereocenters. The molecule has 0 amide bonds. The van der Waals surface area contributed by atoms with E-state index in [-0.39, 0.29) is 6.61 Å². The summed E-state index contributed by atoms with van der Waals surface area (Å²) in [7, 11) is 0. The molecular formula is C9H16O3. The number of rotatable bonds is 3. The lowest BCUT2D eigenvalue weighted by molar-refractivity contribution is 0.162. The molecule has 3 nitrogen and oxygen atoms in total. The minimum atomic E-state index is -0.00694. The first-order valence-electron chi connectivity index (χ1n) is 4.06. The standard InChI is InChI=1S/C5H6O2.C4H10O/c6-4-5-2-1-3-7-5;1-3-5-4-2/h1-3,6H,4H2;3-4H2,1-2H3. The van der Waals surface area contributed by atoms with Crippen LogP contribution in [0.3, 0.4) is 0 Å². The summed E-state index contributed by atoms with van der Waals surface area (Å²) in [5.74, 6) is 0.611. The molecule has 1 heterocycles. The number of hydrogen-bond acceptors (Lipinski definition) is 3. The van der Waals surface area contributed by atoms with Crippen LogP contribution in [0.2, 0.25) is 0 Å². The van der Waals surface area contributed by atoms with Crippen molar-refractivity contribution in [1.82, 2.24) is 0 Å². The SMILES string of the molecule is CCOCC.OCc1ccco1. The third-order valence-corrected chi connectivity index (χ3v) is 1.14. The summed E-state index contributed by atoms with van der Waals surface area (Å²) in [5.41, 5.74) is 0. The molecule has 0 saturated carbocycles. The van der Waals surface area contributed by atoms with Crippen molar-refractivity contribution in [2.45, 2.75) is 20.5 Å². The second-order valence-electron chi connectivity index (χ2n) is 2.02. The van der Waals surface area contributed by atoms with Gasteiger partial charge in [-0.25, -0.2) is 0 Å². The minimum absolute atomic E-state index is 0.00694. The van der Waals surface area contributed by atoms with E-state index in [0.29, 0.717) is 5.76 Å². The highest BCUT2D eigenvalue weighted by Gasteiger charge is 1.85. The van der Waals surface area contributed by atoms with E-state index < -0.39 is 0 Å². The molecule has 12 heavy (non-hydrogen) atoms. The van der Waals surface area contributed by atoms with Crippen LogP contribution in [-0.4, -0.2) is 18.3 Å². The first-order chi connectivity index (χ1) is 5.85. The summed E-state index contributed by atoms with van der Waals surface area (Å²) in [4.78, 5) is 0. The van der Waals surface area contributed by atoms with Gasteiger partial charge in [0.25, 0.3) is 0 Å². The second-order valence-corrected chi connectivity index (χ2v) is 2.02. The van der Waals surface area contributed by atoms with Crippen LogP contribution in [-0.2, 0) is 11.3 Å². The molecule has 0 atom stereocenters. The van der Waals surface area contributed by atoms with E-state index in [9.17, 15) is 0 Å². The predicted octanol–water partition coefficient (Wildman–Crippen LogP) is 1.81. The fraction of sp³-hybridized carbons (Fsp3) is 0.556. The lowest BCUT2D eigenvalue weighted by Crippen LogP contribution is -1.84. The van der Waals surface area contributed by atoms with Crippen molar-refractivity contribution in [3.05, 3.63) is 24.2 Å². The lowest BCUT2D eigenvalue weighted by atomic mass is 10.5. The Labute approximate surface area is 73.0 Å². The van der Waals surface area contributed by atoms with Crippen LogP contribution >= 0.6 is 0 Å². The number of hydrogen-bond donors (Lipinski definition) is 1. The maximum atomic E-state index is 8.33. The van der Waals surface area contributed by atoms with Crippen LogP contribution in [0.5, 0.6) is 0 Å². The first-order valence-corrected chi connectivity index (χ1v) is 4.06. The number of aliphatic hydroxyl groups excluding tert-OH is 1. The van der Waals surface area contributed by atoms with Gasteiger partial charge in [0.15, 0.2) is 0 Å². The Bertz CT molecular complexity index is 156. The van der Waals surface area contributed by atoms with Crippen molar-refractivity contribution in [3.8, 4) is 0 Å². The molecule has 0 saturated heterocycles. The zero-order chi connectivity index (χ0) is 9.23. The monoisotopic (exact) mass is 172 g/mol. The Kier molecular flexibility index (Phi) is 7.74. The largest absolute Gasteiger partial charge is 0.467 e. The molecule has 0 aliphatic rings. The molecule has 3 heteroatoms. The van der Waals surface area contributed by atoms with Gasteiger partial charge in [-0.3, -0.25) is 0 Å². The molecule has 0 aromatic carbocycles. The topological polar surface area (TPSA) is 42.6 Å². The van der Waals surface area contributed by atoms with Gasteiger partial charge in [0.1, 0.15) is 12.4 Å². The normalized spacial score (nSPS) is 8.92. The average Bonchev–Trinajstić information content (AvgIpc) is 2.58. The van der Waals surface area contributed by atoms with Crippen LogP contribution in [0.4, 0.5) is 0 Å². The van der Waals surface area contributed by atoms with Crippen LogP contribution in [0.1, 0.15) is 19.6 Å². The van der Waals surface area contributed by atoms with Gasteiger partial charge in [-0.1, -0.05) is 0 Å². The Morgan fingerprint density at radius 2 is 2.08 bits per heavy atom. The Hall–Kier alpha value is -0.800. The van der Waals surface area contributed by atoms with Crippen LogP contribution in [0, 0.1) is 0 Å². The van der Waals surface area contributed by atoms with E-state index >= 15 is 0 Å². The van der Waals surface area contributed by atoms with Crippen molar-refractivity contribution >= 4 is 0 Å². The molecule has 0 radical (unpaired) electrons. The lowest BCUT2D eigenvalue weighted by Gasteiger charge is -1.86. The molecule has 1 aromatic heterocycles. The van der Waals surface area contributed by atoms with Crippen LogP contribution in [0.15, 0.2) is 22.8 Å². The molecule has 0 fully saturated rings. The highest BCUT2D eigenvalue weighted by Crippen LogP contribution is 1.96. The molecule has 0 aliphatic carbocycles. The smallest absolute Gasteiger partial charge is 0.129 e. The summed E-state index contributed by atoms with van der Waals surface area (Å²) in [5, 5.41) is 8.33. The predicted molar refractivity (Wildman–Crippen MR) is 46.8 cm³/mol. The molecular weight excluding hydrogens is 156 g/mol. The van der Waals surface area contributed by atoms with Gasteiger partial charge < -0.3 is 14.3 Å². The van der Waals surface area contributed by atoms with E-state index in [0.717, 1.165) is 13.2 Å². The van der Waals surface area contributed by atoms with Gasteiger partial charge in [0, 0.05) is 13.2 Å². The summed E-state index contributed by atoms with van der Waals surface area (Å²) in [6.45, 7) is 5.66. The molecule has 0 spiro atoms. The quantitative estimate of drug-likeness (QED) is 0.756. The maximum absolute atomic E-state index is 8.33. The van der Waals surface area contributed by atoms with Crippen LogP contribution < -0.4 is 0 Å². The van der Waals surface area contributed by atoms with E-state index in [1.165, 1.54) is 6.26 Å². The third-order valence-electron chi connectivity index (χ3n) is 1.14. The summed E-state index contributed by atoms with van der Waals surface area (Å²) in [6.07, 6.45) is 1.53. The molecule has 0 aliphatic heterocycles. The van der Waals surface area contributed by atoms with Gasteiger partial charge in [-0.2, -0.15) is 0 Å². The molecule has 1 aromatic rings. The van der Waals surface area contributed by atoms with Crippen molar-refractivity contribution in [2.75, 3.05) is 13.2 Å². The Balaban J connectivity index is 0.000000217. The Morgan fingerprint density at radius 1 is 1.42 bits per heavy atom. The van der Waals surface area contributed by atoms with Crippen molar-refractivity contribution in [1.29, 1.82) is 0 Å². The zero-order valence-electron chi connectivity index (χ0n) is 7.62. The van der Waals surface area contributed by atoms with E-state index in [1.807, 2.05) is 13.8 Å². The van der Waals surface area contributed by atoms with Crippen molar-refractivity contribution < 1.29 is 14.3 Å². The van der Waals surface area contributed by atoms with Crippen molar-refractivity contribution in [2.24, 2.45) is 0 Å². The van der Waals surface area contributed by atoms with Gasteiger partial charge in [-0.15, -0.1) is 0 Å². The van der Waals surface area contributed by atoms with Gasteiger partial charge >= 0.3 is 0 Å². The third kappa shape index (κ3) is 5.95. The molecule has 1 rings (SSSR count). The zero-order valence-corrected chi connectivity index (χ0v) is 7.62. The fourth-order valence-corrected chi connectivity index (χ4v) is 0.607. The number of ether oxygens (including phenoxy) is 1. The van der Waals surface area contributed by atoms with E-state index in [1.54, 1.807) is 12.1 Å². The van der Waals surface area contributed by atoms with Gasteiger partial charge in [0.05, 0.1) is 6.26 Å². The highest BCUT2D eigenvalue weighted by atomic mass is 16.5. The summed E-state index contributed by atoms with van der Waals surface area (Å²) in [6, 6.07) is 3.46. The second kappa shape index (κ2) is 8.30. The van der Waals surface area contributed by atoms with E-state index in [4.69, 9.17) is 14.3 Å². The van der Waals surface area contributed by atoms with Crippen molar-refractivity contribution in [3.63, 3.8) is 0 Å². The molecule has 1 N–H and O–H groups in total. The fourth-order valence-electron chi connectivity index (χ4n) is 0.607. The average molecular weight is 172 g/mol. The highest BCUT2D eigenvalue weighted by molar-refractivity contribution is 4.95. The van der Waals surface area contributed by atoms with E-state index in [2.05, 4.69) is 0 Å². The minimum Gasteiger partial charge on any atom is -0.467 e. The van der Waals surface area contributed by atoms with Crippen LogP contribution in [0.25, 0.3) is 0 Å². The van der Waals surface area contributed by atoms with Gasteiger partial charge in [-0.05, 0) is 26.0 Å². The summed E-state index contributed by atoms with van der Waals surface area (Å²) >= 11 is 0. The molecule has 0 bridgehead atoms. The van der Waals surface area contributed by atoms with Gasteiger partial charge in [0.2, 0.25) is 0 Å². The molecule has 70 valence electrons. The maximum Gasteiger partial charge on any atom is 0.129 e. The first kappa shape index (κ1) is 11.2. The summed E-state index contributed by atoms with van der Waals surface area (Å²) < 4.78 is 9.57.